The van der Waals surface area contributed by atoms with Gasteiger partial charge in [0.2, 0.25) is 0 Å². The van der Waals surface area contributed by atoms with Crippen LogP contribution in [0.4, 0.5) is 5.69 Å². The van der Waals surface area contributed by atoms with Crippen LogP contribution in [0.5, 0.6) is 0 Å². The molecular weight excluding hydrogens is 314 g/mol. The van der Waals surface area contributed by atoms with E-state index in [0.29, 0.717) is 11.3 Å². The molecule has 0 radical (unpaired) electrons. The molecule has 5 nitrogen and oxygen atoms in total. The predicted octanol–water partition coefficient (Wildman–Crippen LogP) is 2.99. The number of aliphatic hydroxyl groups excluding tert-OH is 1. The molecule has 0 aliphatic carbocycles. The zero-order valence-electron chi connectivity index (χ0n) is 13.6. The fourth-order valence-corrected chi connectivity index (χ4v) is 2.60. The number of nitrogens with two attached hydrogens (primary N) is 1. The molecule has 5 heteroatoms. The van der Waals surface area contributed by atoms with E-state index in [1.54, 1.807) is 12.3 Å². The Balaban J connectivity index is 1.68. The molecule has 1 amide bonds. The fraction of sp³-hybridized carbons (Fsp3) is 0.100. The second kappa shape index (κ2) is 7.59. The van der Waals surface area contributed by atoms with Gasteiger partial charge >= 0.3 is 0 Å². The molecule has 0 spiro atoms. The van der Waals surface area contributed by atoms with Crippen molar-refractivity contribution in [2.45, 2.75) is 6.10 Å². The van der Waals surface area contributed by atoms with Crippen LogP contribution in [0.3, 0.4) is 0 Å². The van der Waals surface area contributed by atoms with Crippen molar-refractivity contribution in [1.82, 2.24) is 4.98 Å². The van der Waals surface area contributed by atoms with Gasteiger partial charge in [-0.1, -0.05) is 54.6 Å². The molecule has 0 saturated heterocycles. The summed E-state index contributed by atoms with van der Waals surface area (Å²) in [5, 5.41) is 13.4. The van der Waals surface area contributed by atoms with E-state index < -0.39 is 12.0 Å². The first-order valence-corrected chi connectivity index (χ1v) is 7.96. The molecule has 0 saturated carbocycles. The van der Waals surface area contributed by atoms with E-state index >= 15 is 0 Å². The van der Waals surface area contributed by atoms with Crippen LogP contribution >= 0.6 is 0 Å². The van der Waals surface area contributed by atoms with Crippen LogP contribution in [0.1, 0.15) is 22.0 Å². The monoisotopic (exact) mass is 333 g/mol. The van der Waals surface area contributed by atoms with Gasteiger partial charge in [-0.2, -0.15) is 0 Å². The second-order valence-corrected chi connectivity index (χ2v) is 5.67. The lowest BCUT2D eigenvalue weighted by molar-refractivity contribution is 0.100. The average molecular weight is 333 g/mol. The third kappa shape index (κ3) is 4.02. The van der Waals surface area contributed by atoms with Crippen LogP contribution in [-0.4, -0.2) is 22.5 Å². The predicted molar refractivity (Wildman–Crippen MR) is 98.1 cm³/mol. The van der Waals surface area contributed by atoms with Gasteiger partial charge in [0.25, 0.3) is 5.91 Å². The molecule has 3 aromatic rings. The zero-order valence-corrected chi connectivity index (χ0v) is 13.6. The Morgan fingerprint density at radius 3 is 2.40 bits per heavy atom. The summed E-state index contributed by atoms with van der Waals surface area (Å²) in [6, 6.07) is 19.5. The van der Waals surface area contributed by atoms with E-state index in [0.717, 1.165) is 16.7 Å². The molecule has 1 atom stereocenters. The van der Waals surface area contributed by atoms with Crippen molar-refractivity contribution in [2.75, 3.05) is 11.9 Å². The minimum absolute atomic E-state index is 0.259. The van der Waals surface area contributed by atoms with Gasteiger partial charge in [-0.25, -0.2) is 0 Å². The number of hydrogen-bond donors (Lipinski definition) is 3. The quantitative estimate of drug-likeness (QED) is 0.647. The molecule has 25 heavy (non-hydrogen) atoms. The first-order valence-electron chi connectivity index (χ1n) is 7.96. The molecule has 0 bridgehead atoms. The first-order chi connectivity index (χ1) is 12.1. The SMILES string of the molecule is NC(=O)c1cnccc1NCC(O)c1ccc(-c2ccccc2)cc1. The van der Waals surface area contributed by atoms with Crippen molar-refractivity contribution >= 4 is 11.6 Å². The standard InChI is InChI=1S/C20H19N3O2/c21-20(25)17-12-22-11-10-18(17)23-13-19(24)16-8-6-15(7-9-16)14-4-2-1-3-5-14/h1-12,19,24H,13H2,(H2,21,25)(H,22,23). The highest BCUT2D eigenvalue weighted by Gasteiger charge is 2.11. The first kappa shape index (κ1) is 16.7. The van der Waals surface area contributed by atoms with Gasteiger partial charge in [-0.15, -0.1) is 0 Å². The Kier molecular flexibility index (Phi) is 5.06. The molecule has 4 N–H and O–H groups in total. The normalized spacial score (nSPS) is 11.7. The maximum atomic E-state index is 11.4. The number of hydrogen-bond acceptors (Lipinski definition) is 4. The summed E-state index contributed by atoms with van der Waals surface area (Å²) in [4.78, 5) is 15.3. The van der Waals surface area contributed by atoms with Gasteiger partial charge in [0.05, 0.1) is 17.4 Å². The van der Waals surface area contributed by atoms with Gasteiger partial charge in [0, 0.05) is 18.9 Å². The van der Waals surface area contributed by atoms with E-state index in [9.17, 15) is 9.90 Å². The number of anilines is 1. The smallest absolute Gasteiger partial charge is 0.252 e. The number of benzene rings is 2. The van der Waals surface area contributed by atoms with Crippen LogP contribution in [-0.2, 0) is 0 Å². The zero-order chi connectivity index (χ0) is 17.6. The Morgan fingerprint density at radius 1 is 1.04 bits per heavy atom. The van der Waals surface area contributed by atoms with E-state index in [2.05, 4.69) is 10.3 Å². The molecule has 0 aliphatic rings. The van der Waals surface area contributed by atoms with Gasteiger partial charge in [0.1, 0.15) is 0 Å². The van der Waals surface area contributed by atoms with Crippen molar-refractivity contribution in [1.29, 1.82) is 0 Å². The molecule has 1 aromatic heterocycles. The number of aromatic nitrogens is 1. The number of rotatable bonds is 6. The van der Waals surface area contributed by atoms with E-state index in [1.165, 1.54) is 6.20 Å². The summed E-state index contributed by atoms with van der Waals surface area (Å²) in [7, 11) is 0. The van der Waals surface area contributed by atoms with Crippen LogP contribution in [0.15, 0.2) is 73.1 Å². The summed E-state index contributed by atoms with van der Waals surface area (Å²) in [5.41, 5.74) is 9.20. The molecular formula is C20H19N3O2. The summed E-state index contributed by atoms with van der Waals surface area (Å²) in [6.07, 6.45) is 2.26. The van der Waals surface area contributed by atoms with Gasteiger partial charge in [0.15, 0.2) is 0 Å². The lowest BCUT2D eigenvalue weighted by atomic mass is 10.0. The highest BCUT2D eigenvalue weighted by molar-refractivity contribution is 5.98. The van der Waals surface area contributed by atoms with Crippen molar-refractivity contribution in [3.05, 3.63) is 84.2 Å². The molecule has 1 heterocycles. The number of carbonyl (C=O) groups excluding carboxylic acids is 1. The Morgan fingerprint density at radius 2 is 1.72 bits per heavy atom. The van der Waals surface area contributed by atoms with Crippen LogP contribution < -0.4 is 11.1 Å². The van der Waals surface area contributed by atoms with Crippen LogP contribution in [0, 0.1) is 0 Å². The number of primary amides is 1. The molecule has 126 valence electrons. The number of nitrogens with one attached hydrogen (secondary N) is 1. The Hall–Kier alpha value is -3.18. The minimum atomic E-state index is -0.710. The number of amides is 1. The summed E-state index contributed by atoms with van der Waals surface area (Å²) in [6.45, 7) is 0.259. The summed E-state index contributed by atoms with van der Waals surface area (Å²) < 4.78 is 0. The van der Waals surface area contributed by atoms with Crippen LogP contribution in [0.2, 0.25) is 0 Å². The highest BCUT2D eigenvalue weighted by atomic mass is 16.3. The van der Waals surface area contributed by atoms with Crippen molar-refractivity contribution in [3.63, 3.8) is 0 Å². The van der Waals surface area contributed by atoms with Crippen molar-refractivity contribution in [2.24, 2.45) is 5.73 Å². The van der Waals surface area contributed by atoms with Gasteiger partial charge < -0.3 is 16.2 Å². The Bertz CT molecular complexity index is 848. The molecule has 3 rings (SSSR count). The average Bonchev–Trinajstić information content (AvgIpc) is 2.67. The molecule has 0 fully saturated rings. The molecule has 0 aliphatic heterocycles. The largest absolute Gasteiger partial charge is 0.387 e. The minimum Gasteiger partial charge on any atom is -0.387 e. The van der Waals surface area contributed by atoms with Gasteiger partial charge in [-0.3, -0.25) is 9.78 Å². The van der Waals surface area contributed by atoms with E-state index in [1.807, 2.05) is 54.6 Å². The third-order valence-corrected chi connectivity index (χ3v) is 3.97. The number of pyridine rings is 1. The maximum absolute atomic E-state index is 11.4. The third-order valence-electron chi connectivity index (χ3n) is 3.97. The number of nitrogens with zero attached hydrogens (tertiary/aromatic N) is 1. The maximum Gasteiger partial charge on any atom is 0.252 e. The van der Waals surface area contributed by atoms with Crippen molar-refractivity contribution < 1.29 is 9.90 Å². The van der Waals surface area contributed by atoms with Crippen molar-refractivity contribution in [3.8, 4) is 11.1 Å². The summed E-state index contributed by atoms with van der Waals surface area (Å²) in [5.74, 6) is -0.558. The van der Waals surface area contributed by atoms with Crippen LogP contribution in [0.25, 0.3) is 11.1 Å². The lowest BCUT2D eigenvalue weighted by Gasteiger charge is -2.15. The number of carbonyl (C=O) groups is 1. The second-order valence-electron chi connectivity index (χ2n) is 5.67. The van der Waals surface area contributed by atoms with Gasteiger partial charge in [-0.05, 0) is 22.8 Å². The van der Waals surface area contributed by atoms with E-state index in [4.69, 9.17) is 5.73 Å². The summed E-state index contributed by atoms with van der Waals surface area (Å²) >= 11 is 0. The molecule has 1 unspecified atom stereocenters. The topological polar surface area (TPSA) is 88.2 Å². The lowest BCUT2D eigenvalue weighted by Crippen LogP contribution is -2.17. The Labute approximate surface area is 146 Å². The number of aliphatic hydroxyl groups is 1. The molecule has 2 aromatic carbocycles. The van der Waals surface area contributed by atoms with E-state index in [-0.39, 0.29) is 6.54 Å². The fourth-order valence-electron chi connectivity index (χ4n) is 2.60. The highest BCUT2D eigenvalue weighted by Crippen LogP contribution is 2.22.